The topological polar surface area (TPSA) is 37.8 Å². The van der Waals surface area contributed by atoms with Crippen molar-refractivity contribution in [3.8, 4) is 0 Å². The van der Waals surface area contributed by atoms with E-state index in [1.165, 1.54) is 6.07 Å². The number of nitrogens with one attached hydrogen (secondary N) is 1. The number of hydrogen-bond donors (Lipinski definition) is 1. The predicted molar refractivity (Wildman–Crippen MR) is 34.5 cm³/mol. The molecular formula is C3H3IN2O. The molecule has 7 heavy (non-hydrogen) atoms. The van der Waals surface area contributed by atoms with Gasteiger partial charge in [0.15, 0.2) is 0 Å². The third-order valence-electron chi connectivity index (χ3n) is 0.574. The molecular weight excluding hydrogens is 207 g/mol. The molecule has 38 valence electrons. The number of nitrogens with zero attached hydrogens (tertiary/aromatic N) is 1. The molecule has 4 heteroatoms. The van der Waals surface area contributed by atoms with Crippen LogP contribution >= 0.6 is 22.9 Å². The van der Waals surface area contributed by atoms with Crippen molar-refractivity contribution < 1.29 is 0 Å². The lowest BCUT2D eigenvalue weighted by molar-refractivity contribution is 1.02. The van der Waals surface area contributed by atoms with Gasteiger partial charge in [-0.3, -0.25) is 9.89 Å². The molecule has 3 nitrogen and oxygen atoms in total. The maximum absolute atomic E-state index is 10.2. The van der Waals surface area contributed by atoms with E-state index in [2.05, 4.69) is 5.10 Å². The first-order chi connectivity index (χ1) is 3.29. The number of hydrogen-bond acceptors (Lipinski definition) is 1. The van der Waals surface area contributed by atoms with Gasteiger partial charge in [-0.15, -0.1) is 0 Å². The molecule has 1 aromatic heterocycles. The maximum Gasteiger partial charge on any atom is 0.264 e. The van der Waals surface area contributed by atoms with E-state index < -0.39 is 0 Å². The van der Waals surface area contributed by atoms with Crippen LogP contribution < -0.4 is 5.56 Å². The summed E-state index contributed by atoms with van der Waals surface area (Å²) in [4.78, 5) is 10.2. The summed E-state index contributed by atoms with van der Waals surface area (Å²) in [7, 11) is 0. The Morgan fingerprint density at radius 2 is 2.57 bits per heavy atom. The normalized spacial score (nSPS) is 9.29. The molecule has 0 fully saturated rings. The fourth-order valence-corrected chi connectivity index (χ4v) is 0.711. The lowest BCUT2D eigenvalue weighted by Crippen LogP contribution is -1.96. The number of H-pyrrole nitrogens is 1. The van der Waals surface area contributed by atoms with E-state index in [9.17, 15) is 4.79 Å². The van der Waals surface area contributed by atoms with Gasteiger partial charge in [-0.2, -0.15) is 0 Å². The van der Waals surface area contributed by atoms with Gasteiger partial charge in [-0.25, -0.2) is 2.90 Å². The molecule has 1 heterocycles. The lowest BCUT2D eigenvalue weighted by Gasteiger charge is -1.76. The molecule has 0 aliphatic rings. The van der Waals surface area contributed by atoms with Crippen LogP contribution in [0.4, 0.5) is 0 Å². The summed E-state index contributed by atoms with van der Waals surface area (Å²) in [5.74, 6) is 0. The molecule has 0 atom stereocenters. The van der Waals surface area contributed by atoms with Gasteiger partial charge in [0.2, 0.25) is 0 Å². The summed E-state index contributed by atoms with van der Waals surface area (Å²) in [5.41, 5.74) is -0.0607. The summed E-state index contributed by atoms with van der Waals surface area (Å²) < 4.78 is 1.57. The Hall–Kier alpha value is -0.260. The molecule has 0 saturated carbocycles. The Balaban J connectivity index is 3.30. The van der Waals surface area contributed by atoms with E-state index in [-0.39, 0.29) is 5.56 Å². The van der Waals surface area contributed by atoms with Gasteiger partial charge in [0.25, 0.3) is 5.56 Å². The zero-order valence-corrected chi connectivity index (χ0v) is 5.55. The summed E-state index contributed by atoms with van der Waals surface area (Å²) in [5, 5.41) is 2.49. The van der Waals surface area contributed by atoms with Crippen LogP contribution in [0.1, 0.15) is 0 Å². The van der Waals surface area contributed by atoms with Crippen LogP contribution in [0.2, 0.25) is 0 Å². The maximum atomic E-state index is 10.2. The van der Waals surface area contributed by atoms with Crippen LogP contribution in [0.15, 0.2) is 17.1 Å². The average molecular weight is 210 g/mol. The minimum Gasteiger partial charge on any atom is -0.268 e. The lowest BCUT2D eigenvalue weighted by atomic mass is 10.7. The first-order valence-electron chi connectivity index (χ1n) is 1.73. The molecule has 0 aromatic carbocycles. The number of rotatable bonds is 0. The van der Waals surface area contributed by atoms with Gasteiger partial charge >= 0.3 is 0 Å². The van der Waals surface area contributed by atoms with Gasteiger partial charge in [-0.1, -0.05) is 0 Å². The fourth-order valence-electron chi connectivity index (χ4n) is 0.313. The summed E-state index contributed by atoms with van der Waals surface area (Å²) in [6.07, 6.45) is 1.66. The molecule has 0 spiro atoms. The quantitative estimate of drug-likeness (QED) is 0.617. The molecule has 1 rings (SSSR count). The van der Waals surface area contributed by atoms with Crippen molar-refractivity contribution >= 4 is 22.9 Å². The zero-order valence-electron chi connectivity index (χ0n) is 3.39. The van der Waals surface area contributed by atoms with Gasteiger partial charge < -0.3 is 0 Å². The number of aromatic nitrogens is 2. The van der Waals surface area contributed by atoms with Crippen LogP contribution in [0.3, 0.4) is 0 Å². The van der Waals surface area contributed by atoms with Gasteiger partial charge in [-0.05, 0) is 0 Å². The molecule has 0 aliphatic heterocycles. The smallest absolute Gasteiger partial charge is 0.264 e. The molecule has 0 bridgehead atoms. The van der Waals surface area contributed by atoms with Crippen molar-refractivity contribution in [2.45, 2.75) is 0 Å². The van der Waals surface area contributed by atoms with Crippen molar-refractivity contribution in [2.24, 2.45) is 0 Å². The Bertz CT molecular complexity index is 201. The van der Waals surface area contributed by atoms with Crippen LogP contribution in [-0.4, -0.2) is 7.99 Å². The first-order valence-corrected chi connectivity index (χ1v) is 2.69. The first kappa shape index (κ1) is 4.89. The number of aromatic amines is 1. The third kappa shape index (κ3) is 1.05. The molecule has 0 unspecified atom stereocenters. The van der Waals surface area contributed by atoms with Crippen LogP contribution in [0.25, 0.3) is 0 Å². The summed E-state index contributed by atoms with van der Waals surface area (Å²) in [6, 6.07) is 1.46. The molecule has 1 aromatic rings. The van der Waals surface area contributed by atoms with Crippen molar-refractivity contribution in [1.29, 1.82) is 0 Å². The van der Waals surface area contributed by atoms with Gasteiger partial charge in [0.05, 0.1) is 22.9 Å². The average Bonchev–Trinajstić information content (AvgIpc) is 1.87. The summed E-state index contributed by atoms with van der Waals surface area (Å²) >= 11 is 1.96. The van der Waals surface area contributed by atoms with Crippen molar-refractivity contribution in [2.75, 3.05) is 0 Å². The van der Waals surface area contributed by atoms with Crippen LogP contribution in [0.5, 0.6) is 0 Å². The van der Waals surface area contributed by atoms with Gasteiger partial charge in [0.1, 0.15) is 0 Å². The van der Waals surface area contributed by atoms with E-state index in [1.54, 1.807) is 9.09 Å². The Labute approximate surface area is 53.8 Å². The van der Waals surface area contributed by atoms with E-state index in [4.69, 9.17) is 0 Å². The fraction of sp³-hybridized carbons (Fsp3) is 0. The minimum atomic E-state index is -0.0607. The highest BCUT2D eigenvalue weighted by Gasteiger charge is 1.80. The minimum absolute atomic E-state index is 0.0607. The van der Waals surface area contributed by atoms with E-state index in [0.717, 1.165) is 0 Å². The molecule has 0 radical (unpaired) electrons. The molecule has 0 amide bonds. The highest BCUT2D eigenvalue weighted by molar-refractivity contribution is 14.1. The SMILES string of the molecule is O=c1ccn(I)[nH]1. The summed E-state index contributed by atoms with van der Waals surface area (Å²) in [6.45, 7) is 0. The highest BCUT2D eigenvalue weighted by atomic mass is 127. The molecule has 0 aliphatic carbocycles. The largest absolute Gasteiger partial charge is 0.268 e. The second-order valence-electron chi connectivity index (χ2n) is 1.10. The van der Waals surface area contributed by atoms with E-state index in [1.807, 2.05) is 22.9 Å². The predicted octanol–water partition coefficient (Wildman–Crippen LogP) is 0.375. The zero-order chi connectivity index (χ0) is 5.28. The molecule has 1 N–H and O–H groups in total. The standard InChI is InChI=1S/C3H3IN2O/c4-6-2-1-3(7)5-6/h1-2H,(H,5,7). The second-order valence-corrected chi connectivity index (χ2v) is 2.14. The Kier molecular flexibility index (Phi) is 1.18. The Morgan fingerprint density at radius 3 is 2.71 bits per heavy atom. The molecule has 0 saturated heterocycles. The van der Waals surface area contributed by atoms with Crippen LogP contribution in [-0.2, 0) is 0 Å². The van der Waals surface area contributed by atoms with Crippen molar-refractivity contribution in [3.05, 3.63) is 22.6 Å². The van der Waals surface area contributed by atoms with Gasteiger partial charge in [0, 0.05) is 12.3 Å². The second kappa shape index (κ2) is 1.69. The van der Waals surface area contributed by atoms with E-state index in [0.29, 0.717) is 0 Å². The Morgan fingerprint density at radius 1 is 1.86 bits per heavy atom. The van der Waals surface area contributed by atoms with E-state index >= 15 is 0 Å². The van der Waals surface area contributed by atoms with Crippen molar-refractivity contribution in [3.63, 3.8) is 0 Å². The number of halogens is 1. The monoisotopic (exact) mass is 210 g/mol. The third-order valence-corrected chi connectivity index (χ3v) is 1.14. The van der Waals surface area contributed by atoms with Crippen molar-refractivity contribution in [1.82, 2.24) is 7.99 Å². The van der Waals surface area contributed by atoms with Crippen LogP contribution in [0, 0.1) is 0 Å². The highest BCUT2D eigenvalue weighted by Crippen LogP contribution is 1.82.